The molecule has 0 aromatic heterocycles. The molecule has 86 valence electrons. The van der Waals surface area contributed by atoms with Crippen molar-refractivity contribution in [2.45, 2.75) is 26.2 Å². The summed E-state index contributed by atoms with van der Waals surface area (Å²) in [7, 11) is 0. The second-order valence-electron chi connectivity index (χ2n) is 4.37. The van der Waals surface area contributed by atoms with Crippen molar-refractivity contribution in [2.75, 3.05) is 18.0 Å². The number of hydrogen-bond acceptors (Lipinski definition) is 2. The summed E-state index contributed by atoms with van der Waals surface area (Å²) in [6.07, 6.45) is 3.57. The van der Waals surface area contributed by atoms with Gasteiger partial charge in [-0.05, 0) is 38.3 Å². The van der Waals surface area contributed by atoms with Gasteiger partial charge in [-0.25, -0.2) is 4.79 Å². The van der Waals surface area contributed by atoms with Gasteiger partial charge in [0.1, 0.15) is 0 Å². The molecule has 1 fully saturated rings. The van der Waals surface area contributed by atoms with Crippen molar-refractivity contribution < 1.29 is 9.90 Å². The van der Waals surface area contributed by atoms with Gasteiger partial charge in [0.2, 0.25) is 0 Å². The summed E-state index contributed by atoms with van der Waals surface area (Å²) < 4.78 is 0. The highest BCUT2D eigenvalue weighted by molar-refractivity contribution is 5.94. The molecule has 0 radical (unpaired) electrons. The second-order valence-corrected chi connectivity index (χ2v) is 4.37. The summed E-state index contributed by atoms with van der Waals surface area (Å²) in [5, 5.41) is 9.19. The van der Waals surface area contributed by atoms with Crippen LogP contribution in [0, 0.1) is 6.92 Å². The molecule has 1 saturated heterocycles. The molecular weight excluding hydrogens is 202 g/mol. The fourth-order valence-corrected chi connectivity index (χ4v) is 2.23. The molecule has 1 aliphatic heterocycles. The van der Waals surface area contributed by atoms with E-state index in [2.05, 4.69) is 4.90 Å². The van der Waals surface area contributed by atoms with E-state index in [0.717, 1.165) is 37.2 Å². The second kappa shape index (κ2) is 4.56. The van der Waals surface area contributed by atoms with E-state index in [-0.39, 0.29) is 0 Å². The molecule has 2 rings (SSSR count). The lowest BCUT2D eigenvalue weighted by molar-refractivity contribution is 0.0697. The molecule has 16 heavy (non-hydrogen) atoms. The molecule has 3 nitrogen and oxygen atoms in total. The van der Waals surface area contributed by atoms with Crippen molar-refractivity contribution in [1.29, 1.82) is 0 Å². The van der Waals surface area contributed by atoms with Crippen molar-refractivity contribution >= 4 is 11.7 Å². The molecule has 1 aliphatic rings. The van der Waals surface area contributed by atoms with Crippen molar-refractivity contribution in [3.8, 4) is 0 Å². The van der Waals surface area contributed by atoms with E-state index in [0.29, 0.717) is 5.56 Å². The number of aromatic carboxylic acids is 1. The first-order valence-electron chi connectivity index (χ1n) is 5.77. The average Bonchev–Trinajstić information content (AvgIpc) is 2.30. The summed E-state index contributed by atoms with van der Waals surface area (Å²) in [6.45, 7) is 3.87. The molecule has 0 unspecified atom stereocenters. The van der Waals surface area contributed by atoms with E-state index in [9.17, 15) is 9.90 Å². The van der Waals surface area contributed by atoms with E-state index in [4.69, 9.17) is 0 Å². The van der Waals surface area contributed by atoms with Crippen molar-refractivity contribution in [3.05, 3.63) is 29.3 Å². The number of carbonyl (C=O) groups is 1. The van der Waals surface area contributed by atoms with E-state index in [1.807, 2.05) is 19.1 Å². The Kier molecular flexibility index (Phi) is 3.13. The van der Waals surface area contributed by atoms with Crippen LogP contribution in [0.1, 0.15) is 35.2 Å². The first kappa shape index (κ1) is 11.0. The Hall–Kier alpha value is -1.51. The molecule has 0 aliphatic carbocycles. The Morgan fingerprint density at radius 1 is 1.25 bits per heavy atom. The highest BCUT2D eigenvalue weighted by Gasteiger charge is 2.17. The number of carboxylic acid groups (broad SMARTS) is 1. The summed E-state index contributed by atoms with van der Waals surface area (Å²) in [5.74, 6) is -0.829. The predicted octanol–water partition coefficient (Wildman–Crippen LogP) is 2.68. The molecule has 0 spiro atoms. The van der Waals surface area contributed by atoms with Crippen LogP contribution >= 0.6 is 0 Å². The van der Waals surface area contributed by atoms with E-state index < -0.39 is 5.97 Å². The monoisotopic (exact) mass is 219 g/mol. The molecule has 0 saturated carbocycles. The fourth-order valence-electron chi connectivity index (χ4n) is 2.23. The van der Waals surface area contributed by atoms with Crippen LogP contribution in [0.5, 0.6) is 0 Å². The third-order valence-corrected chi connectivity index (χ3v) is 3.08. The van der Waals surface area contributed by atoms with Gasteiger partial charge in [-0.2, -0.15) is 0 Å². The number of carboxylic acids is 1. The largest absolute Gasteiger partial charge is 0.478 e. The van der Waals surface area contributed by atoms with Crippen molar-refractivity contribution in [1.82, 2.24) is 0 Å². The van der Waals surface area contributed by atoms with Gasteiger partial charge in [0.25, 0.3) is 0 Å². The minimum absolute atomic E-state index is 0.432. The van der Waals surface area contributed by atoms with Crippen LogP contribution in [0.4, 0.5) is 5.69 Å². The standard InChI is InChI=1S/C13H17NO2/c1-10-5-6-12(11(9-10)13(15)16)14-7-3-2-4-8-14/h5-6,9H,2-4,7-8H2,1H3,(H,15,16). The molecule has 1 heterocycles. The lowest BCUT2D eigenvalue weighted by Gasteiger charge is -2.30. The highest BCUT2D eigenvalue weighted by atomic mass is 16.4. The van der Waals surface area contributed by atoms with Gasteiger partial charge >= 0.3 is 5.97 Å². The number of rotatable bonds is 2. The quantitative estimate of drug-likeness (QED) is 0.831. The normalized spacial score (nSPS) is 16.2. The van der Waals surface area contributed by atoms with Crippen LogP contribution in [0.2, 0.25) is 0 Å². The minimum atomic E-state index is -0.829. The highest BCUT2D eigenvalue weighted by Crippen LogP contribution is 2.25. The molecule has 0 bridgehead atoms. The van der Waals surface area contributed by atoms with Gasteiger partial charge < -0.3 is 10.0 Å². The summed E-state index contributed by atoms with van der Waals surface area (Å²) in [5.41, 5.74) is 2.30. The number of piperidine rings is 1. The van der Waals surface area contributed by atoms with Crippen LogP contribution in [-0.4, -0.2) is 24.2 Å². The van der Waals surface area contributed by atoms with Gasteiger partial charge in [-0.15, -0.1) is 0 Å². The Morgan fingerprint density at radius 3 is 2.56 bits per heavy atom. The van der Waals surface area contributed by atoms with E-state index >= 15 is 0 Å². The van der Waals surface area contributed by atoms with Crippen LogP contribution in [0.15, 0.2) is 18.2 Å². The SMILES string of the molecule is Cc1ccc(N2CCCCC2)c(C(=O)O)c1. The molecule has 0 atom stereocenters. The third-order valence-electron chi connectivity index (χ3n) is 3.08. The smallest absolute Gasteiger partial charge is 0.337 e. The van der Waals surface area contributed by atoms with Gasteiger partial charge in [0, 0.05) is 13.1 Å². The molecule has 3 heteroatoms. The zero-order valence-electron chi connectivity index (χ0n) is 9.57. The van der Waals surface area contributed by atoms with Gasteiger partial charge in [-0.3, -0.25) is 0 Å². The summed E-state index contributed by atoms with van der Waals surface area (Å²) in [6, 6.07) is 5.67. The maximum absolute atomic E-state index is 11.2. The zero-order chi connectivity index (χ0) is 11.5. The van der Waals surface area contributed by atoms with Gasteiger partial charge in [0.05, 0.1) is 11.3 Å². The van der Waals surface area contributed by atoms with Crippen molar-refractivity contribution in [3.63, 3.8) is 0 Å². The number of nitrogens with zero attached hydrogens (tertiary/aromatic N) is 1. The lowest BCUT2D eigenvalue weighted by atomic mass is 10.1. The van der Waals surface area contributed by atoms with Crippen LogP contribution < -0.4 is 4.90 Å². The molecule has 1 aromatic rings. The Labute approximate surface area is 95.7 Å². The minimum Gasteiger partial charge on any atom is -0.478 e. The van der Waals surface area contributed by atoms with Crippen LogP contribution in [0.3, 0.4) is 0 Å². The molecule has 1 N–H and O–H groups in total. The number of anilines is 1. The number of hydrogen-bond donors (Lipinski definition) is 1. The predicted molar refractivity (Wildman–Crippen MR) is 64.2 cm³/mol. The van der Waals surface area contributed by atoms with Crippen LogP contribution in [-0.2, 0) is 0 Å². The van der Waals surface area contributed by atoms with Gasteiger partial charge in [0.15, 0.2) is 0 Å². The molecule has 0 amide bonds. The Balaban J connectivity index is 2.34. The Bertz CT molecular complexity index is 395. The number of aryl methyl sites for hydroxylation is 1. The van der Waals surface area contributed by atoms with Crippen molar-refractivity contribution in [2.24, 2.45) is 0 Å². The average molecular weight is 219 g/mol. The first-order valence-corrected chi connectivity index (χ1v) is 5.77. The maximum atomic E-state index is 11.2. The van der Waals surface area contributed by atoms with Gasteiger partial charge in [-0.1, -0.05) is 11.6 Å². The number of benzene rings is 1. The fraction of sp³-hybridized carbons (Fsp3) is 0.462. The molecule has 1 aromatic carbocycles. The molecular formula is C13H17NO2. The maximum Gasteiger partial charge on any atom is 0.337 e. The summed E-state index contributed by atoms with van der Waals surface area (Å²) in [4.78, 5) is 13.4. The zero-order valence-corrected chi connectivity index (χ0v) is 9.57. The summed E-state index contributed by atoms with van der Waals surface area (Å²) >= 11 is 0. The Morgan fingerprint density at radius 2 is 1.94 bits per heavy atom. The van der Waals surface area contributed by atoms with Crippen LogP contribution in [0.25, 0.3) is 0 Å². The third kappa shape index (κ3) is 2.18. The first-order chi connectivity index (χ1) is 7.68. The van der Waals surface area contributed by atoms with E-state index in [1.165, 1.54) is 6.42 Å². The topological polar surface area (TPSA) is 40.5 Å². The van der Waals surface area contributed by atoms with E-state index in [1.54, 1.807) is 6.07 Å². The lowest BCUT2D eigenvalue weighted by Crippen LogP contribution is -2.30.